The number of carbonyl (C=O) groups is 1. The van der Waals surface area contributed by atoms with Gasteiger partial charge in [-0.25, -0.2) is 0 Å². The molecule has 2 heterocycles. The quantitative estimate of drug-likeness (QED) is 0.733. The van der Waals surface area contributed by atoms with Crippen LogP contribution in [0.5, 0.6) is 5.75 Å². The fraction of sp³-hybridized carbons (Fsp3) is 0.455. The molecule has 1 saturated heterocycles. The van der Waals surface area contributed by atoms with Crippen molar-refractivity contribution >= 4 is 5.91 Å². The molecule has 6 nitrogen and oxygen atoms in total. The Bertz CT molecular complexity index is 765. The van der Waals surface area contributed by atoms with Gasteiger partial charge in [0.2, 0.25) is 0 Å². The number of benzene rings is 1. The molecule has 0 spiro atoms. The van der Waals surface area contributed by atoms with Gasteiger partial charge in [0, 0.05) is 30.3 Å². The Labute approximate surface area is 166 Å². The first-order valence-electron chi connectivity index (χ1n) is 9.72. The molecular weight excluding hydrogens is 354 g/mol. The fourth-order valence-corrected chi connectivity index (χ4v) is 3.51. The van der Waals surface area contributed by atoms with Crippen molar-refractivity contribution in [2.75, 3.05) is 33.4 Å². The van der Waals surface area contributed by atoms with E-state index >= 15 is 0 Å². The summed E-state index contributed by atoms with van der Waals surface area (Å²) in [7, 11) is 1.72. The number of aryl methyl sites for hydroxylation is 1. The summed E-state index contributed by atoms with van der Waals surface area (Å²) in [6, 6.07) is 11.4. The maximum atomic E-state index is 12.7. The van der Waals surface area contributed by atoms with Crippen LogP contribution < -0.4 is 15.4 Å². The molecule has 2 N–H and O–H groups in total. The smallest absolute Gasteiger partial charge is 0.251 e. The second-order valence-electron chi connectivity index (χ2n) is 7.49. The van der Waals surface area contributed by atoms with E-state index in [1.54, 1.807) is 13.3 Å². The number of ether oxygens (including phenoxy) is 2. The zero-order chi connectivity index (χ0) is 19.8. The van der Waals surface area contributed by atoms with Gasteiger partial charge in [-0.3, -0.25) is 9.78 Å². The third-order valence-corrected chi connectivity index (χ3v) is 5.22. The maximum Gasteiger partial charge on any atom is 0.251 e. The number of carbonyl (C=O) groups excluding carboxylic acids is 1. The lowest BCUT2D eigenvalue weighted by atomic mass is 9.79. The predicted molar refractivity (Wildman–Crippen MR) is 108 cm³/mol. The summed E-state index contributed by atoms with van der Waals surface area (Å²) >= 11 is 0. The molecule has 150 valence electrons. The first-order valence-corrected chi connectivity index (χ1v) is 9.72. The van der Waals surface area contributed by atoms with Gasteiger partial charge in [-0.05, 0) is 62.7 Å². The SMILES string of the molecule is COCC1(CNC(=O)c2cccc(COc3ccc(C)nc3)c2)CCNCC1. The highest BCUT2D eigenvalue weighted by atomic mass is 16.5. The number of piperidine rings is 1. The molecule has 6 heteroatoms. The molecule has 0 atom stereocenters. The Morgan fingerprint density at radius 1 is 1.25 bits per heavy atom. The largest absolute Gasteiger partial charge is 0.487 e. The number of nitrogens with zero attached hydrogens (tertiary/aromatic N) is 1. The molecule has 0 bridgehead atoms. The van der Waals surface area contributed by atoms with Crippen molar-refractivity contribution in [2.45, 2.75) is 26.4 Å². The minimum atomic E-state index is -0.0622. The molecule has 1 aromatic heterocycles. The number of pyridine rings is 1. The Hall–Kier alpha value is -2.44. The van der Waals surface area contributed by atoms with Crippen molar-refractivity contribution in [3.63, 3.8) is 0 Å². The van der Waals surface area contributed by atoms with E-state index in [2.05, 4.69) is 15.6 Å². The maximum absolute atomic E-state index is 12.7. The third-order valence-electron chi connectivity index (χ3n) is 5.22. The Balaban J connectivity index is 1.57. The van der Waals surface area contributed by atoms with E-state index in [9.17, 15) is 4.79 Å². The number of aromatic nitrogens is 1. The van der Waals surface area contributed by atoms with Crippen LogP contribution in [0.15, 0.2) is 42.6 Å². The summed E-state index contributed by atoms with van der Waals surface area (Å²) < 4.78 is 11.2. The first kappa shape index (κ1) is 20.3. The monoisotopic (exact) mass is 383 g/mol. The van der Waals surface area contributed by atoms with Gasteiger partial charge in [0.1, 0.15) is 12.4 Å². The van der Waals surface area contributed by atoms with Crippen molar-refractivity contribution in [3.05, 3.63) is 59.4 Å². The van der Waals surface area contributed by atoms with Gasteiger partial charge in [-0.2, -0.15) is 0 Å². The van der Waals surface area contributed by atoms with Gasteiger partial charge in [0.25, 0.3) is 5.91 Å². The van der Waals surface area contributed by atoms with Crippen molar-refractivity contribution in [1.29, 1.82) is 0 Å². The lowest BCUT2D eigenvalue weighted by Crippen LogP contribution is -2.47. The van der Waals surface area contributed by atoms with Crippen LogP contribution in [0.1, 0.15) is 34.5 Å². The zero-order valence-electron chi connectivity index (χ0n) is 16.7. The lowest BCUT2D eigenvalue weighted by molar-refractivity contribution is 0.0511. The van der Waals surface area contributed by atoms with Crippen LogP contribution in [0.2, 0.25) is 0 Å². The Kier molecular flexibility index (Phi) is 7.01. The van der Waals surface area contributed by atoms with E-state index in [1.165, 1.54) is 0 Å². The topological polar surface area (TPSA) is 72.5 Å². The molecule has 2 aromatic rings. The Morgan fingerprint density at radius 2 is 2.07 bits per heavy atom. The molecule has 1 aromatic carbocycles. The second-order valence-corrected chi connectivity index (χ2v) is 7.49. The summed E-state index contributed by atoms with van der Waals surface area (Å²) in [5.41, 5.74) is 2.55. The summed E-state index contributed by atoms with van der Waals surface area (Å²) in [6.07, 6.45) is 3.71. The fourth-order valence-electron chi connectivity index (χ4n) is 3.51. The molecule has 1 fully saturated rings. The summed E-state index contributed by atoms with van der Waals surface area (Å²) in [5.74, 6) is 0.653. The van der Waals surface area contributed by atoms with E-state index in [1.807, 2.05) is 43.3 Å². The van der Waals surface area contributed by atoms with Crippen LogP contribution in [0, 0.1) is 12.3 Å². The molecular formula is C22H29N3O3. The van der Waals surface area contributed by atoms with Gasteiger partial charge in [0.15, 0.2) is 0 Å². The minimum Gasteiger partial charge on any atom is -0.487 e. The van der Waals surface area contributed by atoms with E-state index in [0.717, 1.165) is 37.2 Å². The number of amides is 1. The molecule has 1 aliphatic heterocycles. The number of methoxy groups -OCH3 is 1. The van der Waals surface area contributed by atoms with Crippen molar-refractivity contribution in [2.24, 2.45) is 5.41 Å². The van der Waals surface area contributed by atoms with E-state index < -0.39 is 0 Å². The number of rotatable bonds is 8. The normalized spacial score (nSPS) is 15.8. The molecule has 0 radical (unpaired) electrons. The van der Waals surface area contributed by atoms with Crippen LogP contribution in [-0.2, 0) is 11.3 Å². The standard InChI is InChI=1S/C22H29N3O3/c1-17-6-7-20(13-24-17)28-14-18-4-3-5-19(12-18)21(26)25-15-22(16-27-2)8-10-23-11-9-22/h3-7,12-13,23H,8-11,14-16H2,1-2H3,(H,25,26). The summed E-state index contributed by atoms with van der Waals surface area (Å²) in [5, 5.41) is 6.47. The van der Waals surface area contributed by atoms with Crippen LogP contribution in [0.4, 0.5) is 0 Å². The van der Waals surface area contributed by atoms with Crippen molar-refractivity contribution < 1.29 is 14.3 Å². The molecule has 0 unspecified atom stereocenters. The highest BCUT2D eigenvalue weighted by Gasteiger charge is 2.32. The molecule has 28 heavy (non-hydrogen) atoms. The Morgan fingerprint density at radius 3 is 2.79 bits per heavy atom. The lowest BCUT2D eigenvalue weighted by Gasteiger charge is -2.37. The van der Waals surface area contributed by atoms with Crippen LogP contribution in [0.25, 0.3) is 0 Å². The predicted octanol–water partition coefficient (Wildman–Crippen LogP) is 2.72. The molecule has 0 aliphatic carbocycles. The molecule has 0 saturated carbocycles. The highest BCUT2D eigenvalue weighted by Crippen LogP contribution is 2.28. The van der Waals surface area contributed by atoms with Gasteiger partial charge < -0.3 is 20.1 Å². The van der Waals surface area contributed by atoms with E-state index in [-0.39, 0.29) is 11.3 Å². The van der Waals surface area contributed by atoms with Crippen LogP contribution in [0.3, 0.4) is 0 Å². The summed E-state index contributed by atoms with van der Waals surface area (Å²) in [4.78, 5) is 16.9. The highest BCUT2D eigenvalue weighted by molar-refractivity contribution is 5.94. The molecule has 1 aliphatic rings. The zero-order valence-corrected chi connectivity index (χ0v) is 16.7. The molecule has 1 amide bonds. The van der Waals surface area contributed by atoms with Gasteiger partial charge >= 0.3 is 0 Å². The first-order chi connectivity index (χ1) is 13.6. The van der Waals surface area contributed by atoms with Gasteiger partial charge in [-0.15, -0.1) is 0 Å². The van der Waals surface area contributed by atoms with Crippen LogP contribution >= 0.6 is 0 Å². The van der Waals surface area contributed by atoms with Gasteiger partial charge in [0.05, 0.1) is 12.8 Å². The van der Waals surface area contributed by atoms with Crippen molar-refractivity contribution in [3.8, 4) is 5.75 Å². The van der Waals surface area contributed by atoms with Crippen molar-refractivity contribution in [1.82, 2.24) is 15.6 Å². The number of hydrogen-bond acceptors (Lipinski definition) is 5. The molecule has 3 rings (SSSR count). The van der Waals surface area contributed by atoms with Gasteiger partial charge in [-0.1, -0.05) is 12.1 Å². The average molecular weight is 383 g/mol. The minimum absolute atomic E-state index is 0.00875. The van der Waals surface area contributed by atoms with E-state index in [4.69, 9.17) is 9.47 Å². The third kappa shape index (κ3) is 5.53. The van der Waals surface area contributed by atoms with E-state index in [0.29, 0.717) is 31.1 Å². The second kappa shape index (κ2) is 9.66. The number of hydrogen-bond donors (Lipinski definition) is 2. The number of nitrogens with one attached hydrogen (secondary N) is 2. The average Bonchev–Trinajstić information content (AvgIpc) is 2.73. The summed E-state index contributed by atoms with van der Waals surface area (Å²) in [6.45, 7) is 5.53. The van der Waals surface area contributed by atoms with Crippen LogP contribution in [-0.4, -0.2) is 44.2 Å².